The average molecular weight is 250 g/mol. The number of rotatable bonds is 3. The van der Waals surface area contributed by atoms with Crippen molar-refractivity contribution in [2.45, 2.75) is 30.7 Å². The van der Waals surface area contributed by atoms with Gasteiger partial charge in [-0.2, -0.15) is 0 Å². The summed E-state index contributed by atoms with van der Waals surface area (Å²) < 4.78 is 0. The first-order valence-corrected chi connectivity index (χ1v) is 7.53. The molecule has 0 aromatic heterocycles. The van der Waals surface area contributed by atoms with Gasteiger partial charge in [-0.05, 0) is 37.8 Å². The molecule has 94 valence electrons. The fourth-order valence-corrected chi connectivity index (χ4v) is 2.77. The van der Waals surface area contributed by atoms with Crippen LogP contribution in [0.1, 0.15) is 20.3 Å². The molecule has 2 nitrogen and oxygen atoms in total. The molecule has 1 heterocycles. The van der Waals surface area contributed by atoms with Crippen molar-refractivity contribution in [3.63, 3.8) is 0 Å². The van der Waals surface area contributed by atoms with Gasteiger partial charge in [0.1, 0.15) is 0 Å². The van der Waals surface area contributed by atoms with Crippen molar-refractivity contribution in [3.05, 3.63) is 24.3 Å². The van der Waals surface area contributed by atoms with Gasteiger partial charge in [0.05, 0.1) is 0 Å². The summed E-state index contributed by atoms with van der Waals surface area (Å²) in [6, 6.07) is 8.86. The van der Waals surface area contributed by atoms with E-state index in [0.29, 0.717) is 0 Å². The van der Waals surface area contributed by atoms with Crippen LogP contribution in [-0.4, -0.2) is 31.4 Å². The van der Waals surface area contributed by atoms with Gasteiger partial charge in [0.2, 0.25) is 0 Å². The molecule has 1 unspecified atom stereocenters. The fourth-order valence-electron chi connectivity index (χ4n) is 2.31. The molecule has 3 heteroatoms. The van der Waals surface area contributed by atoms with Crippen molar-refractivity contribution in [1.29, 1.82) is 0 Å². The highest BCUT2D eigenvalue weighted by molar-refractivity contribution is 7.98. The Labute approximate surface area is 109 Å². The molecule has 1 aromatic carbocycles. The van der Waals surface area contributed by atoms with Crippen molar-refractivity contribution >= 4 is 17.4 Å². The smallest absolute Gasteiger partial charge is 0.0378 e. The van der Waals surface area contributed by atoms with E-state index in [-0.39, 0.29) is 5.54 Å². The molecule has 0 amide bonds. The van der Waals surface area contributed by atoms with E-state index in [1.54, 1.807) is 0 Å². The number of piperazine rings is 1. The van der Waals surface area contributed by atoms with Crippen LogP contribution in [0.4, 0.5) is 5.69 Å². The van der Waals surface area contributed by atoms with Gasteiger partial charge < -0.3 is 10.2 Å². The van der Waals surface area contributed by atoms with Crippen LogP contribution in [0.15, 0.2) is 29.2 Å². The molecule has 0 aliphatic carbocycles. The summed E-state index contributed by atoms with van der Waals surface area (Å²) in [5, 5.41) is 3.63. The van der Waals surface area contributed by atoms with Gasteiger partial charge in [-0.1, -0.05) is 13.0 Å². The maximum Gasteiger partial charge on any atom is 0.0378 e. The van der Waals surface area contributed by atoms with E-state index >= 15 is 0 Å². The summed E-state index contributed by atoms with van der Waals surface area (Å²) in [4.78, 5) is 3.85. The van der Waals surface area contributed by atoms with Crippen LogP contribution in [0.25, 0.3) is 0 Å². The largest absolute Gasteiger partial charge is 0.368 e. The second kappa shape index (κ2) is 5.32. The fraction of sp³-hybridized carbons (Fsp3) is 0.571. The Morgan fingerprint density at radius 1 is 1.47 bits per heavy atom. The van der Waals surface area contributed by atoms with Gasteiger partial charge in [-0.3, -0.25) is 0 Å². The molecule has 17 heavy (non-hydrogen) atoms. The van der Waals surface area contributed by atoms with Crippen LogP contribution in [0, 0.1) is 0 Å². The second-order valence-electron chi connectivity index (χ2n) is 4.96. The molecule has 0 saturated carbocycles. The summed E-state index contributed by atoms with van der Waals surface area (Å²) in [7, 11) is 0. The Morgan fingerprint density at radius 2 is 2.29 bits per heavy atom. The van der Waals surface area contributed by atoms with E-state index < -0.39 is 0 Å². The molecule has 0 bridgehead atoms. The lowest BCUT2D eigenvalue weighted by Crippen LogP contribution is -2.58. The first-order valence-electron chi connectivity index (χ1n) is 6.31. The van der Waals surface area contributed by atoms with Gasteiger partial charge >= 0.3 is 0 Å². The summed E-state index contributed by atoms with van der Waals surface area (Å²) in [5.74, 6) is 0. The normalized spacial score (nSPS) is 25.0. The minimum absolute atomic E-state index is 0.258. The third kappa shape index (κ3) is 2.96. The first-order chi connectivity index (χ1) is 8.17. The summed E-state index contributed by atoms with van der Waals surface area (Å²) in [5.41, 5.74) is 1.62. The molecule has 1 atom stereocenters. The van der Waals surface area contributed by atoms with Crippen molar-refractivity contribution in [1.82, 2.24) is 5.32 Å². The van der Waals surface area contributed by atoms with Gasteiger partial charge in [0.25, 0.3) is 0 Å². The van der Waals surface area contributed by atoms with Gasteiger partial charge in [-0.15, -0.1) is 11.8 Å². The van der Waals surface area contributed by atoms with Crippen LogP contribution in [0.3, 0.4) is 0 Å². The number of nitrogens with one attached hydrogen (secondary N) is 1. The van der Waals surface area contributed by atoms with Crippen LogP contribution >= 0.6 is 11.8 Å². The third-order valence-electron chi connectivity index (χ3n) is 3.67. The van der Waals surface area contributed by atoms with Crippen molar-refractivity contribution < 1.29 is 0 Å². The highest BCUT2D eigenvalue weighted by Crippen LogP contribution is 2.25. The molecule has 0 spiro atoms. The van der Waals surface area contributed by atoms with Gasteiger partial charge in [0, 0.05) is 35.8 Å². The van der Waals surface area contributed by atoms with Crippen LogP contribution in [0.5, 0.6) is 0 Å². The van der Waals surface area contributed by atoms with E-state index in [1.807, 2.05) is 11.8 Å². The second-order valence-corrected chi connectivity index (χ2v) is 5.84. The Balaban J connectivity index is 2.16. The molecule has 2 rings (SSSR count). The van der Waals surface area contributed by atoms with E-state index in [0.717, 1.165) is 19.6 Å². The van der Waals surface area contributed by atoms with E-state index in [1.165, 1.54) is 17.0 Å². The predicted octanol–water partition coefficient (Wildman–Crippen LogP) is 2.99. The van der Waals surface area contributed by atoms with Crippen LogP contribution in [-0.2, 0) is 0 Å². The molecular formula is C14H22N2S. The number of nitrogens with zero attached hydrogens (tertiary/aromatic N) is 1. The zero-order valence-corrected chi connectivity index (χ0v) is 11.8. The standard InChI is InChI=1S/C14H22N2S/c1-4-14(2)11-16(9-8-15-14)12-6-5-7-13(10-12)17-3/h5-7,10,15H,4,8-9,11H2,1-3H3. The van der Waals surface area contributed by atoms with E-state index in [4.69, 9.17) is 0 Å². The molecule has 1 aromatic rings. The highest BCUT2D eigenvalue weighted by atomic mass is 32.2. The average Bonchev–Trinajstić information content (AvgIpc) is 2.39. The zero-order valence-electron chi connectivity index (χ0n) is 11.0. The number of benzene rings is 1. The van der Waals surface area contributed by atoms with Gasteiger partial charge in [-0.25, -0.2) is 0 Å². The summed E-state index contributed by atoms with van der Waals surface area (Å²) >= 11 is 1.81. The highest BCUT2D eigenvalue weighted by Gasteiger charge is 2.28. The number of hydrogen-bond donors (Lipinski definition) is 1. The van der Waals surface area contributed by atoms with E-state index in [2.05, 4.69) is 54.6 Å². The van der Waals surface area contributed by atoms with E-state index in [9.17, 15) is 0 Å². The Morgan fingerprint density at radius 3 is 3.00 bits per heavy atom. The third-order valence-corrected chi connectivity index (χ3v) is 4.40. The lowest BCUT2D eigenvalue weighted by Gasteiger charge is -2.42. The molecule has 1 aliphatic rings. The molecule has 1 saturated heterocycles. The monoisotopic (exact) mass is 250 g/mol. The molecular weight excluding hydrogens is 228 g/mol. The Kier molecular flexibility index (Phi) is 4.00. The number of thioether (sulfide) groups is 1. The van der Waals surface area contributed by atoms with Gasteiger partial charge in [0.15, 0.2) is 0 Å². The maximum absolute atomic E-state index is 3.63. The summed E-state index contributed by atoms with van der Waals surface area (Å²) in [6.07, 6.45) is 3.30. The van der Waals surface area contributed by atoms with Crippen molar-refractivity contribution in [2.24, 2.45) is 0 Å². The Bertz CT molecular complexity index is 380. The van der Waals surface area contributed by atoms with Crippen molar-refractivity contribution in [3.8, 4) is 0 Å². The SMILES string of the molecule is CCC1(C)CN(c2cccc(SC)c2)CCN1. The lowest BCUT2D eigenvalue weighted by molar-refractivity contribution is 0.314. The predicted molar refractivity (Wildman–Crippen MR) is 77.1 cm³/mol. The number of hydrogen-bond acceptors (Lipinski definition) is 3. The first kappa shape index (κ1) is 12.8. The van der Waals surface area contributed by atoms with Crippen LogP contribution < -0.4 is 10.2 Å². The molecule has 0 radical (unpaired) electrons. The zero-order chi connectivity index (χ0) is 12.3. The quantitative estimate of drug-likeness (QED) is 0.830. The minimum Gasteiger partial charge on any atom is -0.368 e. The maximum atomic E-state index is 3.63. The van der Waals surface area contributed by atoms with Crippen LogP contribution in [0.2, 0.25) is 0 Å². The van der Waals surface area contributed by atoms with Crippen molar-refractivity contribution in [2.75, 3.05) is 30.8 Å². The topological polar surface area (TPSA) is 15.3 Å². The Hall–Kier alpha value is -0.670. The molecule has 1 aliphatic heterocycles. The number of anilines is 1. The minimum atomic E-state index is 0.258. The molecule has 1 N–H and O–H groups in total. The summed E-state index contributed by atoms with van der Waals surface area (Å²) in [6.45, 7) is 7.86. The lowest BCUT2D eigenvalue weighted by atomic mass is 9.95. The molecule has 1 fully saturated rings.